The van der Waals surface area contributed by atoms with E-state index in [9.17, 15) is 0 Å². The lowest BCUT2D eigenvalue weighted by atomic mass is 10.00. The van der Waals surface area contributed by atoms with Gasteiger partial charge in [0.25, 0.3) is 0 Å². The molecule has 47 heavy (non-hydrogen) atoms. The summed E-state index contributed by atoms with van der Waals surface area (Å²) in [7, 11) is 0. The Bertz CT molecular complexity index is 2620. The average molecular weight is 603 g/mol. The molecule has 0 spiro atoms. The summed E-state index contributed by atoms with van der Waals surface area (Å²) in [6.45, 7) is 0. The second-order valence-corrected chi connectivity index (χ2v) is 12.0. The lowest BCUT2D eigenvalue weighted by Gasteiger charge is -2.14. The molecule has 5 heteroatoms. The SMILES string of the molecule is c1ccc(-c2ccc3c4ccc(Oc5ccc6c7ccc(-c8ccccc8)cc7n7ccnc7c6c5)cc4c4nccn4c3c2)cc1. The molecule has 220 valence electrons. The van der Waals surface area contributed by atoms with Gasteiger partial charge in [0.2, 0.25) is 0 Å². The number of hydrogen-bond acceptors (Lipinski definition) is 3. The number of hydrogen-bond donors (Lipinski definition) is 0. The minimum Gasteiger partial charge on any atom is -0.457 e. The zero-order valence-corrected chi connectivity index (χ0v) is 25.2. The Kier molecular flexibility index (Phi) is 5.51. The third kappa shape index (κ3) is 4.03. The van der Waals surface area contributed by atoms with Crippen LogP contribution in [0.1, 0.15) is 0 Å². The van der Waals surface area contributed by atoms with E-state index < -0.39 is 0 Å². The maximum atomic E-state index is 6.55. The molecule has 0 unspecified atom stereocenters. The lowest BCUT2D eigenvalue weighted by Crippen LogP contribution is -1.93. The van der Waals surface area contributed by atoms with Gasteiger partial charge in [-0.1, -0.05) is 84.9 Å². The van der Waals surface area contributed by atoms with Crippen molar-refractivity contribution in [3.05, 3.63) is 158 Å². The second kappa shape index (κ2) is 10.0. The van der Waals surface area contributed by atoms with Crippen molar-refractivity contribution in [3.63, 3.8) is 0 Å². The molecule has 5 nitrogen and oxygen atoms in total. The first kappa shape index (κ1) is 25.8. The van der Waals surface area contributed by atoms with E-state index in [-0.39, 0.29) is 0 Å². The van der Waals surface area contributed by atoms with E-state index in [1.54, 1.807) is 0 Å². The van der Waals surface area contributed by atoms with Crippen molar-refractivity contribution in [1.82, 2.24) is 18.8 Å². The number of nitrogens with zero attached hydrogens (tertiary/aromatic N) is 4. The largest absolute Gasteiger partial charge is 0.457 e. The molecule has 6 aromatic carbocycles. The minimum atomic E-state index is 0.759. The maximum Gasteiger partial charge on any atom is 0.145 e. The molecule has 0 aliphatic carbocycles. The molecule has 0 saturated heterocycles. The maximum absolute atomic E-state index is 6.55. The molecular weight excluding hydrogens is 576 g/mol. The summed E-state index contributed by atoms with van der Waals surface area (Å²) >= 11 is 0. The molecule has 0 radical (unpaired) electrons. The van der Waals surface area contributed by atoms with Crippen LogP contribution < -0.4 is 4.74 Å². The molecule has 4 aromatic heterocycles. The van der Waals surface area contributed by atoms with E-state index in [1.165, 1.54) is 33.0 Å². The third-order valence-corrected chi connectivity index (χ3v) is 9.29. The van der Waals surface area contributed by atoms with Crippen molar-refractivity contribution in [2.75, 3.05) is 0 Å². The molecule has 0 amide bonds. The summed E-state index contributed by atoms with van der Waals surface area (Å²) in [6, 6.07) is 46.9. The predicted octanol–water partition coefficient (Wildman–Crippen LogP) is 10.7. The van der Waals surface area contributed by atoms with Gasteiger partial charge in [-0.05, 0) is 81.6 Å². The molecule has 4 heterocycles. The Morgan fingerprint density at radius 3 is 1.30 bits per heavy atom. The molecule has 0 N–H and O–H groups in total. The summed E-state index contributed by atoms with van der Waals surface area (Å²) in [5.41, 5.74) is 8.81. The van der Waals surface area contributed by atoms with Crippen molar-refractivity contribution in [1.29, 1.82) is 0 Å². The van der Waals surface area contributed by atoms with Crippen LogP contribution in [0.2, 0.25) is 0 Å². The number of imidazole rings is 2. The van der Waals surface area contributed by atoms with Crippen molar-refractivity contribution < 1.29 is 4.74 Å². The number of aromatic nitrogens is 4. The molecule has 0 saturated carbocycles. The number of pyridine rings is 2. The van der Waals surface area contributed by atoms with Gasteiger partial charge in [0.15, 0.2) is 0 Å². The molecular formula is C42H26N4O. The Hall–Kier alpha value is -6.46. The Morgan fingerprint density at radius 1 is 0.383 bits per heavy atom. The molecule has 0 bridgehead atoms. The summed E-state index contributed by atoms with van der Waals surface area (Å²) < 4.78 is 10.9. The van der Waals surface area contributed by atoms with Gasteiger partial charge in [-0.25, -0.2) is 9.97 Å². The van der Waals surface area contributed by atoms with Crippen LogP contribution in [0.15, 0.2) is 158 Å². The predicted molar refractivity (Wildman–Crippen MR) is 191 cm³/mol. The van der Waals surface area contributed by atoms with Crippen LogP contribution in [0, 0.1) is 0 Å². The summed E-state index contributed by atoms with van der Waals surface area (Å²) in [5, 5.41) is 6.72. The number of fused-ring (bicyclic) bond motifs is 12. The molecule has 0 atom stereocenters. The highest BCUT2D eigenvalue weighted by atomic mass is 16.5. The van der Waals surface area contributed by atoms with Gasteiger partial charge in [-0.15, -0.1) is 0 Å². The van der Waals surface area contributed by atoms with Crippen molar-refractivity contribution in [3.8, 4) is 33.8 Å². The fourth-order valence-electron chi connectivity index (χ4n) is 7.08. The number of rotatable bonds is 4. The third-order valence-electron chi connectivity index (χ3n) is 9.29. The second-order valence-electron chi connectivity index (χ2n) is 12.0. The molecule has 10 rings (SSSR count). The van der Waals surface area contributed by atoms with Gasteiger partial charge in [-0.3, -0.25) is 8.80 Å². The van der Waals surface area contributed by atoms with E-state index >= 15 is 0 Å². The molecule has 0 aliphatic heterocycles. The van der Waals surface area contributed by atoms with Gasteiger partial charge in [0.05, 0.1) is 11.0 Å². The van der Waals surface area contributed by atoms with E-state index in [2.05, 4.69) is 118 Å². The van der Waals surface area contributed by atoms with Crippen molar-refractivity contribution in [2.45, 2.75) is 0 Å². The monoisotopic (exact) mass is 602 g/mol. The number of ether oxygens (including phenoxy) is 1. The van der Waals surface area contributed by atoms with Gasteiger partial charge in [0, 0.05) is 46.3 Å². The molecule has 10 aromatic rings. The average Bonchev–Trinajstić information content (AvgIpc) is 3.84. The lowest BCUT2D eigenvalue weighted by molar-refractivity contribution is 0.484. The van der Waals surface area contributed by atoms with Crippen molar-refractivity contribution >= 4 is 54.6 Å². The highest BCUT2D eigenvalue weighted by Crippen LogP contribution is 2.37. The standard InChI is InChI=1S/C42H26N4O/c1-3-7-27(8-4-1)29-11-15-35-33-17-13-31(25-37(33)41-43-19-21-45(41)39(35)23-29)47-32-14-18-34-36-16-12-30(28-9-5-2-6-10-28)24-40(36)46-22-20-44-42(46)38(34)26-32/h1-26H. The minimum absolute atomic E-state index is 0.759. The van der Waals surface area contributed by atoms with E-state index in [1.807, 2.05) is 49.1 Å². The zero-order valence-electron chi connectivity index (χ0n) is 25.2. The summed E-state index contributed by atoms with van der Waals surface area (Å²) in [5.74, 6) is 1.52. The topological polar surface area (TPSA) is 43.8 Å². The van der Waals surface area contributed by atoms with Crippen LogP contribution in [0.25, 0.3) is 76.9 Å². The first-order chi connectivity index (χ1) is 23.3. The van der Waals surface area contributed by atoms with Gasteiger partial charge < -0.3 is 4.74 Å². The van der Waals surface area contributed by atoms with Crippen molar-refractivity contribution in [2.24, 2.45) is 0 Å². The van der Waals surface area contributed by atoms with Gasteiger partial charge in [-0.2, -0.15) is 0 Å². The van der Waals surface area contributed by atoms with E-state index in [0.717, 1.165) is 55.4 Å². The van der Waals surface area contributed by atoms with Crippen LogP contribution >= 0.6 is 0 Å². The van der Waals surface area contributed by atoms with E-state index in [0.29, 0.717) is 0 Å². The highest BCUT2D eigenvalue weighted by molar-refractivity contribution is 6.14. The summed E-state index contributed by atoms with van der Waals surface area (Å²) in [6.07, 6.45) is 7.80. The number of benzene rings is 6. The van der Waals surface area contributed by atoms with E-state index in [4.69, 9.17) is 14.7 Å². The zero-order chi connectivity index (χ0) is 30.9. The smallest absolute Gasteiger partial charge is 0.145 e. The Labute approximate surface area is 269 Å². The highest BCUT2D eigenvalue weighted by Gasteiger charge is 2.15. The first-order valence-electron chi connectivity index (χ1n) is 15.7. The normalized spacial score (nSPS) is 11.8. The molecule has 0 aliphatic rings. The molecule has 0 fully saturated rings. The van der Waals surface area contributed by atoms with Crippen LogP contribution in [-0.4, -0.2) is 18.8 Å². The fraction of sp³-hybridized carbons (Fsp3) is 0. The first-order valence-corrected chi connectivity index (χ1v) is 15.7. The van der Waals surface area contributed by atoms with Crippen LogP contribution in [0.5, 0.6) is 11.5 Å². The van der Waals surface area contributed by atoms with Gasteiger partial charge >= 0.3 is 0 Å². The van der Waals surface area contributed by atoms with Gasteiger partial charge in [0.1, 0.15) is 22.8 Å². The van der Waals surface area contributed by atoms with Crippen LogP contribution in [0.4, 0.5) is 0 Å². The fourth-order valence-corrected chi connectivity index (χ4v) is 7.08. The Morgan fingerprint density at radius 2 is 0.830 bits per heavy atom. The van der Waals surface area contributed by atoms with Crippen LogP contribution in [0.3, 0.4) is 0 Å². The quantitative estimate of drug-likeness (QED) is 0.188. The summed E-state index contributed by atoms with van der Waals surface area (Å²) in [4.78, 5) is 9.53. The Balaban J connectivity index is 1.08. The van der Waals surface area contributed by atoms with Crippen LogP contribution in [-0.2, 0) is 0 Å².